The molecule has 0 spiro atoms. The Balaban J connectivity index is 1.53. The number of carboxylic acid groups (broad SMARTS) is 1. The molecule has 0 fully saturated rings. The van der Waals surface area contributed by atoms with Crippen molar-refractivity contribution in [1.82, 2.24) is 25.9 Å². The predicted octanol–water partition coefficient (Wildman–Crippen LogP) is 3.00. The number of nitrogens with two attached hydrogens (primary N) is 1. The maximum absolute atomic E-state index is 13.8. The Hall–Kier alpha value is -4.64. The van der Waals surface area contributed by atoms with Crippen molar-refractivity contribution in [1.29, 1.82) is 0 Å². The zero-order chi connectivity index (χ0) is 32.0. The highest BCUT2D eigenvalue weighted by Gasteiger charge is 2.33. The Morgan fingerprint density at radius 2 is 1.25 bits per heavy atom. The number of carboxylic acids is 1. The summed E-state index contributed by atoms with van der Waals surface area (Å²) in [6.07, 6.45) is 4.42. The van der Waals surface area contributed by atoms with Gasteiger partial charge in [0.25, 0.3) is 0 Å². The first-order valence-electron chi connectivity index (χ1n) is 15.0. The van der Waals surface area contributed by atoms with Gasteiger partial charge in [0.1, 0.15) is 18.1 Å². The number of aromatic nitrogens is 2. The van der Waals surface area contributed by atoms with E-state index in [1.807, 2.05) is 62.4 Å². The number of rotatable bonds is 14. The van der Waals surface area contributed by atoms with Crippen molar-refractivity contribution >= 4 is 45.5 Å². The number of carbonyl (C=O) groups excluding carboxylic acids is 3. The molecule has 5 unspecified atom stereocenters. The van der Waals surface area contributed by atoms with Crippen LogP contribution in [0.3, 0.4) is 0 Å². The third-order valence-electron chi connectivity index (χ3n) is 8.25. The molecule has 0 bridgehead atoms. The molecule has 2 aromatic heterocycles. The summed E-state index contributed by atoms with van der Waals surface area (Å²) in [5, 5.41) is 19.9. The summed E-state index contributed by atoms with van der Waals surface area (Å²) in [6, 6.07) is 11.0. The lowest BCUT2D eigenvalue weighted by Gasteiger charge is -2.27. The van der Waals surface area contributed by atoms with E-state index in [4.69, 9.17) is 5.73 Å². The van der Waals surface area contributed by atoms with Crippen molar-refractivity contribution in [3.05, 3.63) is 72.1 Å². The molecule has 0 saturated carbocycles. The standard InChI is InChI=1S/C33H42N6O5/c1-5-19(4)28(34)31(41)37-26(14-20-16-35-24-12-8-6-10-22(20)24)30(40)39-29(18(2)3)32(42)38-27(33(43)44)15-21-17-36-25-13-9-7-11-23(21)25/h6-13,16-19,26-29,35-36H,5,14-15,34H2,1-4H3,(H,37,41)(H,38,42)(H,39,40)(H,43,44). The van der Waals surface area contributed by atoms with Crippen LogP contribution in [0.15, 0.2) is 60.9 Å². The van der Waals surface area contributed by atoms with Crippen LogP contribution in [-0.2, 0) is 32.0 Å². The third-order valence-corrected chi connectivity index (χ3v) is 8.25. The van der Waals surface area contributed by atoms with Crippen LogP contribution in [0.1, 0.15) is 45.2 Å². The van der Waals surface area contributed by atoms with Crippen molar-refractivity contribution in [2.75, 3.05) is 0 Å². The Kier molecular flexibility index (Phi) is 10.4. The van der Waals surface area contributed by atoms with Crippen LogP contribution >= 0.6 is 0 Å². The minimum atomic E-state index is -1.23. The molecular weight excluding hydrogens is 560 g/mol. The molecule has 0 aliphatic heterocycles. The maximum atomic E-state index is 13.8. The fourth-order valence-corrected chi connectivity index (χ4v) is 5.28. The monoisotopic (exact) mass is 602 g/mol. The number of amides is 3. The van der Waals surface area contributed by atoms with Gasteiger partial charge in [-0.05, 0) is 35.1 Å². The second kappa shape index (κ2) is 14.2. The van der Waals surface area contributed by atoms with Crippen molar-refractivity contribution in [3.8, 4) is 0 Å². The molecule has 44 heavy (non-hydrogen) atoms. The van der Waals surface area contributed by atoms with Crippen LogP contribution in [0, 0.1) is 11.8 Å². The average Bonchev–Trinajstić information content (AvgIpc) is 3.61. The zero-order valence-corrected chi connectivity index (χ0v) is 25.5. The molecule has 5 atom stereocenters. The van der Waals surface area contributed by atoms with Gasteiger partial charge in [-0.2, -0.15) is 0 Å². The lowest BCUT2D eigenvalue weighted by atomic mass is 9.97. The predicted molar refractivity (Wildman–Crippen MR) is 170 cm³/mol. The Labute approximate surface area is 256 Å². The second-order valence-corrected chi connectivity index (χ2v) is 11.7. The molecule has 11 heteroatoms. The minimum Gasteiger partial charge on any atom is -0.480 e. The number of aliphatic carboxylic acids is 1. The number of carbonyl (C=O) groups is 4. The molecule has 2 aromatic carbocycles. The van der Waals surface area contributed by atoms with Gasteiger partial charge in [0.15, 0.2) is 0 Å². The van der Waals surface area contributed by atoms with Gasteiger partial charge >= 0.3 is 5.97 Å². The molecule has 8 N–H and O–H groups in total. The van der Waals surface area contributed by atoms with E-state index < -0.39 is 47.9 Å². The number of hydrogen-bond donors (Lipinski definition) is 7. The summed E-state index contributed by atoms with van der Waals surface area (Å²) in [4.78, 5) is 58.9. The molecule has 11 nitrogen and oxygen atoms in total. The van der Waals surface area contributed by atoms with Crippen molar-refractivity contribution in [3.63, 3.8) is 0 Å². The quantitative estimate of drug-likeness (QED) is 0.116. The lowest BCUT2D eigenvalue weighted by Crippen LogP contribution is -2.59. The van der Waals surface area contributed by atoms with Crippen LogP contribution < -0.4 is 21.7 Å². The number of aromatic amines is 2. The Morgan fingerprint density at radius 3 is 1.75 bits per heavy atom. The van der Waals surface area contributed by atoms with E-state index in [0.29, 0.717) is 6.42 Å². The van der Waals surface area contributed by atoms with Gasteiger partial charge in [-0.3, -0.25) is 14.4 Å². The molecule has 2 heterocycles. The van der Waals surface area contributed by atoms with Gasteiger partial charge in [-0.1, -0.05) is 70.5 Å². The first kappa shape index (κ1) is 32.3. The van der Waals surface area contributed by atoms with E-state index in [9.17, 15) is 24.3 Å². The summed E-state index contributed by atoms with van der Waals surface area (Å²) in [6.45, 7) is 7.31. The SMILES string of the molecule is CCC(C)C(N)C(=O)NC(Cc1c[nH]c2ccccc12)C(=O)NC(C(=O)NC(Cc1c[nH]c2ccccc12)C(=O)O)C(C)C. The molecule has 0 saturated heterocycles. The smallest absolute Gasteiger partial charge is 0.326 e. The first-order chi connectivity index (χ1) is 21.0. The zero-order valence-electron chi connectivity index (χ0n) is 25.5. The number of nitrogens with one attached hydrogen (secondary N) is 5. The van der Waals surface area contributed by atoms with Crippen molar-refractivity contribution < 1.29 is 24.3 Å². The average molecular weight is 603 g/mol. The van der Waals surface area contributed by atoms with E-state index in [0.717, 1.165) is 32.9 Å². The molecule has 3 amide bonds. The highest BCUT2D eigenvalue weighted by molar-refractivity contribution is 5.95. The van der Waals surface area contributed by atoms with Crippen LogP contribution in [0.4, 0.5) is 0 Å². The second-order valence-electron chi connectivity index (χ2n) is 11.7. The molecular formula is C33H42N6O5. The van der Waals surface area contributed by atoms with E-state index in [1.165, 1.54) is 0 Å². The molecule has 4 rings (SSSR count). The van der Waals surface area contributed by atoms with Crippen LogP contribution in [-0.4, -0.2) is 62.9 Å². The summed E-state index contributed by atoms with van der Waals surface area (Å²) < 4.78 is 0. The van der Waals surface area contributed by atoms with E-state index in [1.54, 1.807) is 26.2 Å². The number of H-pyrrole nitrogens is 2. The fraction of sp³-hybridized carbons (Fsp3) is 0.394. The molecule has 234 valence electrons. The number of fused-ring (bicyclic) bond motifs is 2. The van der Waals surface area contributed by atoms with Crippen LogP contribution in [0.25, 0.3) is 21.8 Å². The van der Waals surface area contributed by atoms with Gasteiger partial charge in [0, 0.05) is 47.0 Å². The van der Waals surface area contributed by atoms with Crippen LogP contribution in [0.5, 0.6) is 0 Å². The van der Waals surface area contributed by atoms with Crippen LogP contribution in [0.2, 0.25) is 0 Å². The van der Waals surface area contributed by atoms with Crippen molar-refractivity contribution in [2.45, 2.75) is 71.1 Å². The molecule has 4 aromatic rings. The topological polar surface area (TPSA) is 182 Å². The Morgan fingerprint density at radius 1 is 0.750 bits per heavy atom. The summed E-state index contributed by atoms with van der Waals surface area (Å²) in [7, 11) is 0. The van der Waals surface area contributed by atoms with Gasteiger partial charge in [-0.15, -0.1) is 0 Å². The van der Waals surface area contributed by atoms with Gasteiger partial charge in [-0.25, -0.2) is 4.79 Å². The Bertz CT molecular complexity index is 1620. The lowest BCUT2D eigenvalue weighted by molar-refractivity contribution is -0.142. The highest BCUT2D eigenvalue weighted by atomic mass is 16.4. The minimum absolute atomic E-state index is 0.0522. The van der Waals surface area contributed by atoms with Gasteiger partial charge < -0.3 is 36.8 Å². The highest BCUT2D eigenvalue weighted by Crippen LogP contribution is 2.21. The first-order valence-corrected chi connectivity index (χ1v) is 15.0. The molecule has 0 aliphatic carbocycles. The van der Waals surface area contributed by atoms with Gasteiger partial charge in [0.05, 0.1) is 6.04 Å². The van der Waals surface area contributed by atoms with E-state index in [-0.39, 0.29) is 24.7 Å². The third kappa shape index (κ3) is 7.46. The van der Waals surface area contributed by atoms with E-state index in [2.05, 4.69) is 25.9 Å². The summed E-state index contributed by atoms with van der Waals surface area (Å²) >= 11 is 0. The maximum Gasteiger partial charge on any atom is 0.326 e. The number of benzene rings is 2. The molecule has 0 radical (unpaired) electrons. The number of para-hydroxylation sites is 2. The largest absolute Gasteiger partial charge is 0.480 e. The molecule has 0 aliphatic rings. The normalized spacial score (nSPS) is 15.0. The number of hydrogen-bond acceptors (Lipinski definition) is 5. The summed E-state index contributed by atoms with van der Waals surface area (Å²) in [5.41, 5.74) is 9.49. The van der Waals surface area contributed by atoms with Crippen molar-refractivity contribution in [2.24, 2.45) is 17.6 Å². The summed E-state index contributed by atoms with van der Waals surface area (Å²) in [5.74, 6) is -3.35. The van der Waals surface area contributed by atoms with Gasteiger partial charge in [0.2, 0.25) is 17.7 Å². The van der Waals surface area contributed by atoms with E-state index >= 15 is 0 Å². The fourth-order valence-electron chi connectivity index (χ4n) is 5.28.